The fraction of sp³-hybridized carbons (Fsp3) is 0.176. The Bertz CT molecular complexity index is 761. The minimum absolute atomic E-state index is 1.07. The number of hydrogen-bond donors (Lipinski definition) is 1. The monoisotopic (exact) mass is 276 g/mol. The number of rotatable bonds is 2. The van der Waals surface area contributed by atoms with Crippen molar-refractivity contribution in [2.24, 2.45) is 0 Å². The molecule has 4 rings (SSSR count). The highest BCUT2D eigenvalue weighted by atomic mass is 15.1. The second-order valence-corrected chi connectivity index (χ2v) is 5.26. The maximum absolute atomic E-state index is 4.31. The lowest BCUT2D eigenvalue weighted by Crippen LogP contribution is -2.12. The molecule has 1 N–H and O–H groups in total. The van der Waals surface area contributed by atoms with Gasteiger partial charge in [0.05, 0.1) is 18.2 Å². The first-order valence-electron chi connectivity index (χ1n) is 7.22. The number of imidazole rings is 1. The van der Waals surface area contributed by atoms with Crippen LogP contribution in [0.15, 0.2) is 55.2 Å². The zero-order chi connectivity index (χ0) is 14.1. The molecule has 0 saturated carbocycles. The van der Waals surface area contributed by atoms with E-state index in [0.29, 0.717) is 0 Å². The van der Waals surface area contributed by atoms with E-state index < -0.39 is 0 Å². The van der Waals surface area contributed by atoms with Gasteiger partial charge in [-0.25, -0.2) is 4.98 Å². The van der Waals surface area contributed by atoms with Gasteiger partial charge in [0.2, 0.25) is 0 Å². The van der Waals surface area contributed by atoms with E-state index >= 15 is 0 Å². The molecule has 0 amide bonds. The highest BCUT2D eigenvalue weighted by Crippen LogP contribution is 2.27. The zero-order valence-electron chi connectivity index (χ0n) is 11.7. The lowest BCUT2D eigenvalue weighted by Gasteiger charge is -2.19. The summed E-state index contributed by atoms with van der Waals surface area (Å²) in [7, 11) is 0. The van der Waals surface area contributed by atoms with E-state index in [9.17, 15) is 0 Å². The van der Waals surface area contributed by atoms with Crippen molar-refractivity contribution in [3.05, 3.63) is 60.8 Å². The Hall–Kier alpha value is -2.62. The molecule has 0 atom stereocenters. The molecule has 104 valence electrons. The third kappa shape index (κ3) is 2.18. The van der Waals surface area contributed by atoms with Crippen LogP contribution in [0.4, 0.5) is 5.69 Å². The Balaban J connectivity index is 1.80. The average molecular weight is 276 g/mol. The molecule has 3 heterocycles. The van der Waals surface area contributed by atoms with Gasteiger partial charge in [0.1, 0.15) is 0 Å². The second kappa shape index (κ2) is 5.05. The van der Waals surface area contributed by atoms with Gasteiger partial charge in [0, 0.05) is 35.9 Å². The summed E-state index contributed by atoms with van der Waals surface area (Å²) in [5.41, 5.74) is 6.00. The summed E-state index contributed by atoms with van der Waals surface area (Å²) >= 11 is 0. The van der Waals surface area contributed by atoms with E-state index in [-0.39, 0.29) is 0 Å². The summed E-state index contributed by atoms with van der Waals surface area (Å²) in [6.45, 7) is 1.07. The Kier molecular flexibility index (Phi) is 2.92. The fourth-order valence-electron chi connectivity index (χ4n) is 2.85. The molecular weight excluding hydrogens is 260 g/mol. The highest BCUT2D eigenvalue weighted by molar-refractivity contribution is 5.63. The van der Waals surface area contributed by atoms with Crippen LogP contribution in [0.2, 0.25) is 0 Å². The van der Waals surface area contributed by atoms with Crippen LogP contribution in [-0.2, 0) is 6.42 Å². The maximum atomic E-state index is 4.31. The van der Waals surface area contributed by atoms with Gasteiger partial charge in [0.15, 0.2) is 0 Å². The molecule has 3 aromatic rings. The van der Waals surface area contributed by atoms with E-state index in [2.05, 4.69) is 38.1 Å². The van der Waals surface area contributed by atoms with Crippen molar-refractivity contribution in [1.82, 2.24) is 14.5 Å². The van der Waals surface area contributed by atoms with Crippen LogP contribution in [0.3, 0.4) is 0 Å². The largest absolute Gasteiger partial charge is 0.385 e. The van der Waals surface area contributed by atoms with Crippen LogP contribution in [-0.4, -0.2) is 21.1 Å². The Morgan fingerprint density at radius 1 is 1.05 bits per heavy atom. The zero-order valence-corrected chi connectivity index (χ0v) is 11.7. The van der Waals surface area contributed by atoms with Crippen LogP contribution < -0.4 is 5.32 Å². The van der Waals surface area contributed by atoms with Gasteiger partial charge in [-0.3, -0.25) is 9.55 Å². The molecule has 21 heavy (non-hydrogen) atoms. The number of anilines is 1. The fourth-order valence-corrected chi connectivity index (χ4v) is 2.85. The molecular formula is C17H16N4. The molecule has 0 radical (unpaired) electrons. The van der Waals surface area contributed by atoms with E-state index in [4.69, 9.17) is 0 Å². The first-order chi connectivity index (χ1) is 10.4. The van der Waals surface area contributed by atoms with Crippen molar-refractivity contribution >= 4 is 5.69 Å². The van der Waals surface area contributed by atoms with Crippen LogP contribution in [0, 0.1) is 0 Å². The molecule has 0 fully saturated rings. The van der Waals surface area contributed by atoms with E-state index in [1.165, 1.54) is 17.7 Å². The predicted octanol–water partition coefficient (Wildman–Crippen LogP) is 3.29. The number of aryl methyl sites for hydroxylation is 1. The highest BCUT2D eigenvalue weighted by Gasteiger charge is 2.11. The van der Waals surface area contributed by atoms with E-state index in [1.54, 1.807) is 0 Å². The van der Waals surface area contributed by atoms with Crippen LogP contribution in [0.25, 0.3) is 16.9 Å². The van der Waals surface area contributed by atoms with Gasteiger partial charge in [0.25, 0.3) is 0 Å². The molecule has 0 bridgehead atoms. The molecule has 4 heteroatoms. The molecule has 0 spiro atoms. The molecule has 4 nitrogen and oxygen atoms in total. The van der Waals surface area contributed by atoms with Crippen molar-refractivity contribution in [2.45, 2.75) is 12.8 Å². The molecule has 2 aromatic heterocycles. The lowest BCUT2D eigenvalue weighted by molar-refractivity contribution is 0.828. The van der Waals surface area contributed by atoms with E-state index in [0.717, 1.165) is 29.9 Å². The number of hydrogen-bond acceptors (Lipinski definition) is 3. The lowest BCUT2D eigenvalue weighted by atomic mass is 10.0. The minimum atomic E-state index is 1.07. The number of pyridine rings is 1. The predicted molar refractivity (Wildman–Crippen MR) is 83.6 cm³/mol. The van der Waals surface area contributed by atoms with Crippen molar-refractivity contribution in [2.75, 3.05) is 11.9 Å². The van der Waals surface area contributed by atoms with Crippen molar-refractivity contribution in [3.8, 4) is 16.9 Å². The van der Waals surface area contributed by atoms with Gasteiger partial charge >= 0.3 is 0 Å². The van der Waals surface area contributed by atoms with Crippen LogP contribution in [0.5, 0.6) is 0 Å². The average Bonchev–Trinajstić information content (AvgIpc) is 3.05. The maximum Gasteiger partial charge on any atom is 0.0997 e. The number of fused-ring (bicyclic) bond motifs is 1. The van der Waals surface area contributed by atoms with E-state index in [1.807, 2.05) is 37.1 Å². The van der Waals surface area contributed by atoms with Gasteiger partial charge < -0.3 is 5.32 Å². The number of nitrogens with zero attached hydrogens (tertiary/aromatic N) is 3. The summed E-state index contributed by atoms with van der Waals surface area (Å²) in [4.78, 5) is 8.39. The van der Waals surface area contributed by atoms with Gasteiger partial charge in [-0.1, -0.05) is 0 Å². The normalized spacial score (nSPS) is 13.5. The summed E-state index contributed by atoms with van der Waals surface area (Å²) in [5, 5.41) is 3.45. The van der Waals surface area contributed by atoms with Crippen LogP contribution in [0.1, 0.15) is 12.0 Å². The SMILES string of the molecule is c1cc(-c2cncn2-c2ccc3c(c2)CCCN3)ccn1. The third-order valence-electron chi connectivity index (χ3n) is 3.92. The van der Waals surface area contributed by atoms with Crippen LogP contribution >= 0.6 is 0 Å². The standard InChI is InChI=1S/C17H16N4/c1-2-14-10-15(3-4-16(14)20-7-1)21-12-19-11-17(21)13-5-8-18-9-6-13/h3-6,8-12,20H,1-2,7H2. The molecule has 0 unspecified atom stereocenters. The minimum Gasteiger partial charge on any atom is -0.385 e. The van der Waals surface area contributed by atoms with Crippen molar-refractivity contribution < 1.29 is 0 Å². The van der Waals surface area contributed by atoms with Gasteiger partial charge in [-0.2, -0.15) is 0 Å². The van der Waals surface area contributed by atoms with Crippen molar-refractivity contribution in [1.29, 1.82) is 0 Å². The van der Waals surface area contributed by atoms with Crippen molar-refractivity contribution in [3.63, 3.8) is 0 Å². The summed E-state index contributed by atoms with van der Waals surface area (Å²) in [6, 6.07) is 10.6. The molecule has 0 aliphatic carbocycles. The smallest absolute Gasteiger partial charge is 0.0997 e. The topological polar surface area (TPSA) is 42.7 Å². The number of nitrogens with one attached hydrogen (secondary N) is 1. The Labute approximate surface area is 123 Å². The Morgan fingerprint density at radius 2 is 1.95 bits per heavy atom. The first kappa shape index (κ1) is 12.1. The van der Waals surface area contributed by atoms with Gasteiger partial charge in [-0.05, 0) is 48.7 Å². The first-order valence-corrected chi connectivity index (χ1v) is 7.22. The van der Waals surface area contributed by atoms with Gasteiger partial charge in [-0.15, -0.1) is 0 Å². The summed E-state index contributed by atoms with van der Waals surface area (Å²) in [5.74, 6) is 0. The molecule has 1 aliphatic rings. The number of aromatic nitrogens is 3. The molecule has 1 aliphatic heterocycles. The molecule has 1 aromatic carbocycles. The summed E-state index contributed by atoms with van der Waals surface area (Å²) in [6.07, 6.45) is 9.71. The molecule has 0 saturated heterocycles. The number of benzene rings is 1. The second-order valence-electron chi connectivity index (χ2n) is 5.26. The quantitative estimate of drug-likeness (QED) is 0.781. The Morgan fingerprint density at radius 3 is 2.86 bits per heavy atom. The third-order valence-corrected chi connectivity index (χ3v) is 3.92. The summed E-state index contributed by atoms with van der Waals surface area (Å²) < 4.78 is 2.13.